The Morgan fingerprint density at radius 3 is 2.37 bits per heavy atom. The molecule has 0 spiro atoms. The molecule has 0 saturated carbocycles. The molecule has 0 aromatic carbocycles. The topological polar surface area (TPSA) is 149 Å². The molecule has 0 aliphatic carbocycles. The van der Waals surface area contributed by atoms with Gasteiger partial charge in [0.2, 0.25) is 0 Å². The summed E-state index contributed by atoms with van der Waals surface area (Å²) in [6, 6.07) is 0. The number of unbranched alkanes of at least 4 members (excludes halogenated alkanes) is 5. The quantitative estimate of drug-likeness (QED) is 0.123. The van der Waals surface area contributed by atoms with Crippen molar-refractivity contribution in [1.82, 2.24) is 0 Å². The fraction of sp³-hybridized carbons (Fsp3) is 0.846. The van der Waals surface area contributed by atoms with Crippen LogP contribution in [0, 0.1) is 11.8 Å². The van der Waals surface area contributed by atoms with Crippen molar-refractivity contribution in [3.63, 3.8) is 0 Å². The lowest BCUT2D eigenvalue weighted by molar-refractivity contribution is -0.305. The van der Waals surface area contributed by atoms with E-state index in [1.807, 2.05) is 6.92 Å². The Balaban J connectivity index is 1.62. The molecule has 0 aromatic heterocycles. The number of carboxylic acids is 1. The zero-order valence-corrected chi connectivity index (χ0v) is 21.3. The third-order valence-corrected chi connectivity index (χ3v) is 7.08. The Morgan fingerprint density at radius 2 is 1.71 bits per heavy atom. The molecule has 202 valence electrons. The van der Waals surface area contributed by atoms with Gasteiger partial charge in [-0.1, -0.05) is 38.2 Å². The first-order valence-electron chi connectivity index (χ1n) is 12.9. The molecular formula is C26H43O9-. The predicted octanol–water partition coefficient (Wildman–Crippen LogP) is 1.26. The molecular weight excluding hydrogens is 456 g/mol. The van der Waals surface area contributed by atoms with Crippen molar-refractivity contribution in [2.24, 2.45) is 11.8 Å². The summed E-state index contributed by atoms with van der Waals surface area (Å²) in [5.74, 6) is -1.68. The maximum atomic E-state index is 12.0. The number of aliphatic hydroxyl groups is 3. The highest BCUT2D eigenvalue weighted by Crippen LogP contribution is 2.38. The van der Waals surface area contributed by atoms with Crippen LogP contribution in [0.4, 0.5) is 0 Å². The number of epoxide rings is 1. The van der Waals surface area contributed by atoms with Crippen LogP contribution in [0.5, 0.6) is 0 Å². The van der Waals surface area contributed by atoms with Crippen LogP contribution < -0.4 is 5.11 Å². The van der Waals surface area contributed by atoms with Crippen molar-refractivity contribution in [2.75, 3.05) is 13.2 Å². The summed E-state index contributed by atoms with van der Waals surface area (Å²) in [6.45, 7) is 6.05. The summed E-state index contributed by atoms with van der Waals surface area (Å²) in [5.41, 5.74) is 0.703. The van der Waals surface area contributed by atoms with Gasteiger partial charge in [-0.05, 0) is 46.0 Å². The number of carboxylic acid groups (broad SMARTS) is 1. The van der Waals surface area contributed by atoms with Crippen molar-refractivity contribution in [3.05, 3.63) is 11.6 Å². The van der Waals surface area contributed by atoms with E-state index in [0.29, 0.717) is 38.0 Å². The summed E-state index contributed by atoms with van der Waals surface area (Å²) in [6.07, 6.45) is 4.29. The fourth-order valence-corrected chi connectivity index (χ4v) is 4.58. The molecule has 2 rings (SSSR count). The molecule has 3 N–H and O–H groups in total. The van der Waals surface area contributed by atoms with E-state index in [-0.39, 0.29) is 30.5 Å². The minimum atomic E-state index is -1.06. The van der Waals surface area contributed by atoms with Gasteiger partial charge in [-0.2, -0.15) is 0 Å². The molecule has 0 amide bonds. The van der Waals surface area contributed by atoms with Crippen LogP contribution in [0.2, 0.25) is 0 Å². The van der Waals surface area contributed by atoms with E-state index in [4.69, 9.17) is 14.2 Å². The number of ether oxygens (including phenoxy) is 3. The maximum Gasteiger partial charge on any atom is 0.330 e. The standard InChI is InChI=1S/C26H44O9/c1-16(13-23(30)33-11-9-7-5-4-6-8-10-22(28)29)12-20-25(32)24(31)19(15-34-20)14-21-26(35-21)17(2)18(3)27/h13,17-21,24-27,31-32H,4-12,14-15H2,1-3H3,(H,28,29)/p-1/t17-,18-,19?,20-,21-,24+,25-,26-/m0/s1. The van der Waals surface area contributed by atoms with Gasteiger partial charge in [0.25, 0.3) is 0 Å². The zero-order valence-electron chi connectivity index (χ0n) is 21.3. The summed E-state index contributed by atoms with van der Waals surface area (Å²) >= 11 is 0. The smallest absolute Gasteiger partial charge is 0.330 e. The van der Waals surface area contributed by atoms with Gasteiger partial charge in [-0.3, -0.25) is 0 Å². The van der Waals surface area contributed by atoms with Gasteiger partial charge in [-0.15, -0.1) is 0 Å². The number of carbonyl (C=O) groups excluding carboxylic acids is 2. The summed E-state index contributed by atoms with van der Waals surface area (Å²) in [7, 11) is 0. The lowest BCUT2D eigenvalue weighted by Crippen LogP contribution is -2.50. The molecule has 2 saturated heterocycles. The first kappa shape index (κ1) is 29.7. The Morgan fingerprint density at radius 1 is 1.06 bits per heavy atom. The van der Waals surface area contributed by atoms with Crippen LogP contribution >= 0.6 is 0 Å². The monoisotopic (exact) mass is 499 g/mol. The second kappa shape index (κ2) is 14.9. The van der Waals surface area contributed by atoms with Gasteiger partial charge in [-0.25, -0.2) is 4.79 Å². The third-order valence-electron chi connectivity index (χ3n) is 7.08. The van der Waals surface area contributed by atoms with Crippen molar-refractivity contribution in [2.45, 2.75) is 115 Å². The number of aliphatic hydroxyl groups excluding tert-OH is 3. The van der Waals surface area contributed by atoms with E-state index >= 15 is 0 Å². The van der Waals surface area contributed by atoms with Gasteiger partial charge in [0.15, 0.2) is 0 Å². The van der Waals surface area contributed by atoms with Crippen molar-refractivity contribution < 1.29 is 44.2 Å². The molecule has 2 aliphatic heterocycles. The highest BCUT2D eigenvalue weighted by atomic mass is 16.6. The number of rotatable bonds is 16. The van der Waals surface area contributed by atoms with Gasteiger partial charge in [0.1, 0.15) is 6.10 Å². The highest BCUT2D eigenvalue weighted by molar-refractivity contribution is 5.82. The first-order chi connectivity index (χ1) is 16.6. The molecule has 2 heterocycles. The first-order valence-corrected chi connectivity index (χ1v) is 12.9. The van der Waals surface area contributed by atoms with E-state index in [0.717, 1.165) is 32.1 Å². The Bertz CT molecular complexity index is 692. The van der Waals surface area contributed by atoms with Crippen LogP contribution in [0.1, 0.15) is 78.6 Å². The third kappa shape index (κ3) is 10.6. The van der Waals surface area contributed by atoms with E-state index in [1.165, 1.54) is 6.08 Å². The van der Waals surface area contributed by atoms with Gasteiger partial charge >= 0.3 is 5.97 Å². The fourth-order valence-electron chi connectivity index (χ4n) is 4.58. The van der Waals surface area contributed by atoms with Crippen LogP contribution in [0.25, 0.3) is 0 Å². The highest BCUT2D eigenvalue weighted by Gasteiger charge is 2.48. The largest absolute Gasteiger partial charge is 0.550 e. The molecule has 2 aliphatic rings. The average Bonchev–Trinajstić information content (AvgIpc) is 3.55. The molecule has 35 heavy (non-hydrogen) atoms. The second-order valence-electron chi connectivity index (χ2n) is 10.2. The number of hydrogen-bond acceptors (Lipinski definition) is 9. The number of esters is 1. The minimum absolute atomic E-state index is 0.0141. The number of carbonyl (C=O) groups is 2. The molecule has 0 radical (unpaired) electrons. The van der Waals surface area contributed by atoms with Crippen LogP contribution in [0.15, 0.2) is 11.6 Å². The molecule has 1 unspecified atom stereocenters. The van der Waals surface area contributed by atoms with Crippen molar-refractivity contribution >= 4 is 11.9 Å². The SMILES string of the molecule is CC(=CC(=O)OCCCCCCCCC(=O)[O-])C[C@@H]1OCC(C[C@@H]2O[C@H]2[C@@H](C)[C@H](C)O)[C@@H](O)[C@H]1O. The predicted molar refractivity (Wildman–Crippen MR) is 126 cm³/mol. The van der Waals surface area contributed by atoms with E-state index in [2.05, 4.69) is 0 Å². The molecule has 0 aromatic rings. The van der Waals surface area contributed by atoms with Crippen LogP contribution in [0.3, 0.4) is 0 Å². The van der Waals surface area contributed by atoms with Gasteiger partial charge in [0, 0.05) is 23.9 Å². The Kier molecular flexibility index (Phi) is 12.6. The minimum Gasteiger partial charge on any atom is -0.550 e. The molecule has 9 heteroatoms. The molecule has 2 fully saturated rings. The van der Waals surface area contributed by atoms with Crippen LogP contribution in [-0.2, 0) is 23.8 Å². The van der Waals surface area contributed by atoms with Crippen LogP contribution in [-0.4, -0.2) is 77.1 Å². The summed E-state index contributed by atoms with van der Waals surface area (Å²) in [5, 5.41) is 41.2. The normalized spacial score (nSPS) is 30.5. The maximum absolute atomic E-state index is 12.0. The Labute approximate surface area is 208 Å². The van der Waals surface area contributed by atoms with Gasteiger partial charge < -0.3 is 39.4 Å². The van der Waals surface area contributed by atoms with Gasteiger partial charge in [0.05, 0.1) is 43.7 Å². The molecule has 8 atom stereocenters. The molecule has 9 nitrogen and oxygen atoms in total. The zero-order chi connectivity index (χ0) is 26.0. The average molecular weight is 500 g/mol. The lowest BCUT2D eigenvalue weighted by atomic mass is 9.85. The van der Waals surface area contributed by atoms with E-state index in [9.17, 15) is 30.0 Å². The second-order valence-corrected chi connectivity index (χ2v) is 10.2. The lowest BCUT2D eigenvalue weighted by Gasteiger charge is -2.38. The Hall–Kier alpha value is -1.52. The van der Waals surface area contributed by atoms with Crippen molar-refractivity contribution in [3.8, 4) is 0 Å². The summed E-state index contributed by atoms with van der Waals surface area (Å²) in [4.78, 5) is 22.4. The summed E-state index contributed by atoms with van der Waals surface area (Å²) < 4.78 is 16.7. The van der Waals surface area contributed by atoms with Crippen molar-refractivity contribution in [1.29, 1.82) is 0 Å². The number of hydrogen-bond donors (Lipinski definition) is 3. The van der Waals surface area contributed by atoms with E-state index in [1.54, 1.807) is 13.8 Å². The van der Waals surface area contributed by atoms with E-state index < -0.39 is 36.4 Å². The molecule has 0 bridgehead atoms. The number of aliphatic carboxylic acids is 1.